The number of carbonyl (C=O) groups excluding carboxylic acids is 1. The molecule has 0 bridgehead atoms. The van der Waals surface area contributed by atoms with Crippen LogP contribution >= 0.6 is 0 Å². The fourth-order valence-electron chi connectivity index (χ4n) is 3.16. The zero-order chi connectivity index (χ0) is 12.7. The molecule has 3 rings (SSSR count). The Morgan fingerprint density at radius 1 is 1.50 bits per heavy atom. The Hall–Kier alpha value is -1.35. The van der Waals surface area contributed by atoms with Crippen LogP contribution in [-0.2, 0) is 11.2 Å². The van der Waals surface area contributed by atoms with E-state index < -0.39 is 0 Å². The highest BCUT2D eigenvalue weighted by atomic mass is 16.1. The maximum atomic E-state index is 11.8. The first kappa shape index (κ1) is 11.7. The van der Waals surface area contributed by atoms with Crippen molar-refractivity contribution < 1.29 is 4.79 Å². The summed E-state index contributed by atoms with van der Waals surface area (Å²) >= 11 is 0. The summed E-state index contributed by atoms with van der Waals surface area (Å²) in [5.74, 6) is 1.37. The third-order valence-electron chi connectivity index (χ3n) is 4.19. The fraction of sp³-hybridized carbons (Fsp3) is 0.533. The van der Waals surface area contributed by atoms with E-state index in [2.05, 4.69) is 29.6 Å². The molecule has 3 nitrogen and oxygen atoms in total. The molecule has 2 aliphatic rings. The van der Waals surface area contributed by atoms with E-state index in [1.807, 2.05) is 6.92 Å². The van der Waals surface area contributed by atoms with Crippen molar-refractivity contribution in [2.24, 2.45) is 11.7 Å². The zero-order valence-corrected chi connectivity index (χ0v) is 10.7. The number of amides is 1. The summed E-state index contributed by atoms with van der Waals surface area (Å²) in [5, 5.41) is 3.16. The molecule has 3 heteroatoms. The summed E-state index contributed by atoms with van der Waals surface area (Å²) in [5.41, 5.74) is 8.57. The molecule has 1 amide bonds. The van der Waals surface area contributed by atoms with E-state index in [9.17, 15) is 4.79 Å². The predicted molar refractivity (Wildman–Crippen MR) is 71.2 cm³/mol. The molecule has 18 heavy (non-hydrogen) atoms. The van der Waals surface area contributed by atoms with Crippen LogP contribution in [0.5, 0.6) is 0 Å². The molecule has 2 aliphatic carbocycles. The van der Waals surface area contributed by atoms with Gasteiger partial charge in [0, 0.05) is 24.4 Å². The second-order valence-corrected chi connectivity index (χ2v) is 5.70. The quantitative estimate of drug-likeness (QED) is 0.844. The lowest BCUT2D eigenvalue weighted by molar-refractivity contribution is -0.121. The van der Waals surface area contributed by atoms with Gasteiger partial charge in [0.2, 0.25) is 5.91 Å². The molecule has 1 aromatic rings. The maximum absolute atomic E-state index is 11.8. The van der Waals surface area contributed by atoms with Crippen LogP contribution in [0, 0.1) is 5.92 Å². The lowest BCUT2D eigenvalue weighted by Crippen LogP contribution is -2.30. The largest absolute Gasteiger partial charge is 0.352 e. The molecule has 1 saturated carbocycles. The minimum atomic E-state index is 0.107. The average molecular weight is 244 g/mol. The first-order valence-electron chi connectivity index (χ1n) is 6.79. The highest BCUT2D eigenvalue weighted by molar-refractivity contribution is 5.77. The molecule has 0 spiro atoms. The molecule has 0 saturated heterocycles. The number of hydrogen-bond acceptors (Lipinski definition) is 2. The zero-order valence-electron chi connectivity index (χ0n) is 10.7. The van der Waals surface area contributed by atoms with E-state index in [0.29, 0.717) is 24.3 Å². The number of carbonyl (C=O) groups is 1. The molecular formula is C15H20N2O. The van der Waals surface area contributed by atoms with Crippen LogP contribution in [0.1, 0.15) is 36.8 Å². The first-order valence-corrected chi connectivity index (χ1v) is 6.79. The Bertz CT molecular complexity index is 469. The minimum absolute atomic E-state index is 0.107. The maximum Gasteiger partial charge on any atom is 0.220 e. The average Bonchev–Trinajstić information content (AvgIpc) is 2.85. The van der Waals surface area contributed by atoms with E-state index in [1.165, 1.54) is 11.1 Å². The van der Waals surface area contributed by atoms with Gasteiger partial charge in [0.05, 0.1) is 0 Å². The van der Waals surface area contributed by atoms with Crippen molar-refractivity contribution in [1.29, 1.82) is 0 Å². The number of fused-ring (bicyclic) bond motifs is 3. The van der Waals surface area contributed by atoms with E-state index in [4.69, 9.17) is 5.73 Å². The molecule has 1 aromatic carbocycles. The van der Waals surface area contributed by atoms with Gasteiger partial charge in [-0.25, -0.2) is 0 Å². The van der Waals surface area contributed by atoms with Gasteiger partial charge in [-0.1, -0.05) is 24.3 Å². The molecule has 1 fully saturated rings. The van der Waals surface area contributed by atoms with Gasteiger partial charge in [-0.2, -0.15) is 0 Å². The normalized spacial score (nSPS) is 29.3. The molecule has 0 aliphatic heterocycles. The third-order valence-corrected chi connectivity index (χ3v) is 4.19. The van der Waals surface area contributed by atoms with Gasteiger partial charge in [-0.15, -0.1) is 0 Å². The van der Waals surface area contributed by atoms with Crippen molar-refractivity contribution in [2.75, 3.05) is 0 Å². The van der Waals surface area contributed by atoms with Crippen LogP contribution in [0.3, 0.4) is 0 Å². The fourth-order valence-corrected chi connectivity index (χ4v) is 3.16. The number of benzene rings is 1. The summed E-state index contributed by atoms with van der Waals surface area (Å²) in [4.78, 5) is 11.8. The summed E-state index contributed by atoms with van der Waals surface area (Å²) in [6, 6.07) is 9.08. The summed E-state index contributed by atoms with van der Waals surface area (Å²) in [7, 11) is 0. The standard InChI is InChI=1S/C15H20N2O/c1-9(16)6-7-13(18)17-15-12-8-10-4-2-3-5-11(10)14(12)15/h2-5,9,12,14-15H,6-8,16H2,1H3,(H,17,18). The predicted octanol–water partition coefficient (Wildman–Crippen LogP) is 1.57. The Balaban J connectivity index is 1.56. The van der Waals surface area contributed by atoms with E-state index in [1.54, 1.807) is 0 Å². The highest BCUT2D eigenvalue weighted by Crippen LogP contribution is 2.56. The van der Waals surface area contributed by atoms with Crippen molar-refractivity contribution in [3.05, 3.63) is 35.4 Å². The van der Waals surface area contributed by atoms with Crippen LogP contribution in [0.2, 0.25) is 0 Å². The SMILES string of the molecule is CC(N)CCC(=O)NC1C2Cc3ccccc3C21. The van der Waals surface area contributed by atoms with Gasteiger partial charge in [-0.05, 0) is 36.8 Å². The van der Waals surface area contributed by atoms with Gasteiger partial charge in [0.1, 0.15) is 0 Å². The summed E-state index contributed by atoms with van der Waals surface area (Å²) in [6.45, 7) is 1.94. The smallest absolute Gasteiger partial charge is 0.220 e. The third kappa shape index (κ3) is 2.03. The minimum Gasteiger partial charge on any atom is -0.352 e. The van der Waals surface area contributed by atoms with E-state index in [0.717, 1.165) is 12.8 Å². The van der Waals surface area contributed by atoms with Crippen molar-refractivity contribution in [3.63, 3.8) is 0 Å². The summed E-state index contributed by atoms with van der Waals surface area (Å²) < 4.78 is 0. The van der Waals surface area contributed by atoms with Gasteiger partial charge in [0.15, 0.2) is 0 Å². The molecule has 0 heterocycles. The number of nitrogens with one attached hydrogen (secondary N) is 1. The number of nitrogens with two attached hydrogens (primary N) is 1. The van der Waals surface area contributed by atoms with Crippen LogP contribution in [0.25, 0.3) is 0 Å². The van der Waals surface area contributed by atoms with Crippen molar-refractivity contribution in [3.8, 4) is 0 Å². The lowest BCUT2D eigenvalue weighted by Gasteiger charge is -2.10. The molecule has 4 atom stereocenters. The van der Waals surface area contributed by atoms with E-state index in [-0.39, 0.29) is 11.9 Å². The molecular weight excluding hydrogens is 224 g/mol. The van der Waals surface area contributed by atoms with Crippen LogP contribution in [0.15, 0.2) is 24.3 Å². The Morgan fingerprint density at radius 3 is 3.06 bits per heavy atom. The molecule has 0 aromatic heterocycles. The van der Waals surface area contributed by atoms with Crippen molar-refractivity contribution >= 4 is 5.91 Å². The van der Waals surface area contributed by atoms with Crippen LogP contribution < -0.4 is 11.1 Å². The number of hydrogen-bond donors (Lipinski definition) is 2. The Kier molecular flexibility index (Phi) is 2.86. The van der Waals surface area contributed by atoms with Crippen LogP contribution in [0.4, 0.5) is 0 Å². The summed E-state index contributed by atoms with van der Waals surface area (Å²) in [6.07, 6.45) is 2.44. The first-order chi connectivity index (χ1) is 8.66. The molecule has 3 N–H and O–H groups in total. The Labute approximate surface area is 108 Å². The van der Waals surface area contributed by atoms with Gasteiger partial charge in [0.25, 0.3) is 0 Å². The van der Waals surface area contributed by atoms with Crippen molar-refractivity contribution in [1.82, 2.24) is 5.32 Å². The monoisotopic (exact) mass is 244 g/mol. The Morgan fingerprint density at radius 2 is 2.28 bits per heavy atom. The lowest BCUT2D eigenvalue weighted by atomic mass is 10.1. The van der Waals surface area contributed by atoms with Crippen molar-refractivity contribution in [2.45, 2.75) is 44.2 Å². The highest BCUT2D eigenvalue weighted by Gasteiger charge is 2.56. The van der Waals surface area contributed by atoms with Gasteiger partial charge in [-0.3, -0.25) is 4.79 Å². The molecule has 0 radical (unpaired) electrons. The van der Waals surface area contributed by atoms with Gasteiger partial charge < -0.3 is 11.1 Å². The van der Waals surface area contributed by atoms with Crippen LogP contribution in [-0.4, -0.2) is 18.0 Å². The van der Waals surface area contributed by atoms with Gasteiger partial charge >= 0.3 is 0 Å². The molecule has 4 unspecified atom stereocenters. The second kappa shape index (κ2) is 4.39. The second-order valence-electron chi connectivity index (χ2n) is 5.70. The molecule has 96 valence electrons. The van der Waals surface area contributed by atoms with E-state index >= 15 is 0 Å². The topological polar surface area (TPSA) is 55.1 Å². The number of rotatable bonds is 4.